The molecule has 1 aromatic rings. The van der Waals surface area contributed by atoms with E-state index in [0.29, 0.717) is 5.75 Å². The maximum atomic E-state index is 11.1. The number of nitrogens with one attached hydrogen (secondary N) is 1. The molecular formula is C13H21NO2S. The van der Waals surface area contributed by atoms with Gasteiger partial charge in [0.25, 0.3) is 0 Å². The van der Waals surface area contributed by atoms with Gasteiger partial charge >= 0.3 is 0 Å². The van der Waals surface area contributed by atoms with E-state index in [1.165, 1.54) is 0 Å². The normalized spacial score (nSPS) is 16.4. The average Bonchev–Trinajstić information content (AvgIpc) is 2.26. The van der Waals surface area contributed by atoms with Gasteiger partial charge in [0.2, 0.25) is 0 Å². The molecule has 3 atom stereocenters. The van der Waals surface area contributed by atoms with Gasteiger partial charge in [-0.3, -0.25) is 4.21 Å². The fourth-order valence-electron chi connectivity index (χ4n) is 1.90. The lowest BCUT2D eigenvalue weighted by molar-refractivity contribution is 0.462. The van der Waals surface area contributed by atoms with Crippen molar-refractivity contribution in [3.63, 3.8) is 0 Å². The number of hydrogen-bond donors (Lipinski definition) is 2. The van der Waals surface area contributed by atoms with Gasteiger partial charge in [-0.15, -0.1) is 0 Å². The highest BCUT2D eigenvalue weighted by Crippen LogP contribution is 2.20. The Balaban J connectivity index is 2.65. The molecule has 0 heterocycles. The Morgan fingerprint density at radius 1 is 1.35 bits per heavy atom. The molecule has 4 heteroatoms. The van der Waals surface area contributed by atoms with E-state index in [-0.39, 0.29) is 17.8 Å². The number of aromatic hydroxyl groups is 1. The van der Waals surface area contributed by atoms with Crippen LogP contribution in [0.25, 0.3) is 0 Å². The minimum atomic E-state index is -0.777. The summed E-state index contributed by atoms with van der Waals surface area (Å²) in [5.41, 5.74) is 1.15. The molecule has 0 aromatic heterocycles. The Labute approximate surface area is 106 Å². The quantitative estimate of drug-likeness (QED) is 0.819. The SMILES string of the molecule is CCC(NC(C)CS(C)=O)c1ccc(O)cc1. The van der Waals surface area contributed by atoms with Gasteiger partial charge in [0, 0.05) is 34.9 Å². The lowest BCUT2D eigenvalue weighted by atomic mass is 10.0. The van der Waals surface area contributed by atoms with Gasteiger partial charge in [-0.25, -0.2) is 0 Å². The molecule has 0 amide bonds. The van der Waals surface area contributed by atoms with E-state index in [1.54, 1.807) is 18.4 Å². The van der Waals surface area contributed by atoms with Gasteiger partial charge in [0.1, 0.15) is 5.75 Å². The first-order chi connectivity index (χ1) is 8.02. The van der Waals surface area contributed by atoms with Crippen LogP contribution in [0.1, 0.15) is 31.9 Å². The van der Waals surface area contributed by atoms with E-state index in [4.69, 9.17) is 0 Å². The molecule has 0 aliphatic carbocycles. The highest BCUT2D eigenvalue weighted by Gasteiger charge is 2.13. The molecule has 0 fully saturated rings. The van der Waals surface area contributed by atoms with Crippen LogP contribution in [0, 0.1) is 0 Å². The number of phenols is 1. The molecule has 17 heavy (non-hydrogen) atoms. The van der Waals surface area contributed by atoms with Gasteiger partial charge in [-0.1, -0.05) is 19.1 Å². The topological polar surface area (TPSA) is 49.3 Å². The van der Waals surface area contributed by atoms with Crippen molar-refractivity contribution in [3.05, 3.63) is 29.8 Å². The molecule has 0 aliphatic heterocycles. The number of benzene rings is 1. The van der Waals surface area contributed by atoms with Crippen molar-refractivity contribution in [1.29, 1.82) is 0 Å². The second kappa shape index (κ2) is 6.77. The summed E-state index contributed by atoms with van der Waals surface area (Å²) in [6.45, 7) is 4.16. The van der Waals surface area contributed by atoms with E-state index in [9.17, 15) is 9.32 Å². The molecule has 0 aliphatic rings. The smallest absolute Gasteiger partial charge is 0.115 e. The third-order valence-electron chi connectivity index (χ3n) is 2.67. The van der Waals surface area contributed by atoms with Crippen LogP contribution in [-0.4, -0.2) is 27.4 Å². The van der Waals surface area contributed by atoms with E-state index in [1.807, 2.05) is 19.1 Å². The summed E-state index contributed by atoms with van der Waals surface area (Å²) in [4.78, 5) is 0. The molecule has 0 spiro atoms. The van der Waals surface area contributed by atoms with Gasteiger partial charge < -0.3 is 10.4 Å². The molecule has 0 saturated carbocycles. The van der Waals surface area contributed by atoms with Gasteiger partial charge in [-0.2, -0.15) is 0 Å². The van der Waals surface area contributed by atoms with Crippen LogP contribution in [0.15, 0.2) is 24.3 Å². The Morgan fingerprint density at radius 2 is 1.94 bits per heavy atom. The van der Waals surface area contributed by atoms with E-state index in [0.717, 1.165) is 12.0 Å². The summed E-state index contributed by atoms with van der Waals surface area (Å²) in [5, 5.41) is 12.7. The molecule has 1 aromatic carbocycles. The summed E-state index contributed by atoms with van der Waals surface area (Å²) in [6, 6.07) is 7.71. The monoisotopic (exact) mass is 255 g/mol. The summed E-state index contributed by atoms with van der Waals surface area (Å²) < 4.78 is 11.1. The van der Waals surface area contributed by atoms with Gasteiger partial charge in [0.05, 0.1) is 0 Å². The minimum absolute atomic E-state index is 0.222. The van der Waals surface area contributed by atoms with Crippen LogP contribution in [-0.2, 0) is 10.8 Å². The van der Waals surface area contributed by atoms with Crippen LogP contribution in [0.5, 0.6) is 5.75 Å². The van der Waals surface area contributed by atoms with Crippen molar-refractivity contribution in [1.82, 2.24) is 5.32 Å². The predicted molar refractivity (Wildman–Crippen MR) is 72.7 cm³/mol. The van der Waals surface area contributed by atoms with Gasteiger partial charge in [0.15, 0.2) is 0 Å². The molecule has 3 unspecified atom stereocenters. The highest BCUT2D eigenvalue weighted by molar-refractivity contribution is 7.84. The summed E-state index contributed by atoms with van der Waals surface area (Å²) >= 11 is 0. The summed E-state index contributed by atoms with van der Waals surface area (Å²) in [7, 11) is -0.777. The lowest BCUT2D eigenvalue weighted by Gasteiger charge is -2.22. The molecule has 2 N–H and O–H groups in total. The molecule has 96 valence electrons. The third-order valence-corrected chi connectivity index (χ3v) is 3.64. The minimum Gasteiger partial charge on any atom is -0.508 e. The number of rotatable bonds is 6. The fraction of sp³-hybridized carbons (Fsp3) is 0.538. The Hall–Kier alpha value is -0.870. The zero-order chi connectivity index (χ0) is 12.8. The van der Waals surface area contributed by atoms with Crippen molar-refractivity contribution in [2.45, 2.75) is 32.4 Å². The van der Waals surface area contributed by atoms with Crippen LogP contribution in [0.2, 0.25) is 0 Å². The van der Waals surface area contributed by atoms with Crippen molar-refractivity contribution in [3.8, 4) is 5.75 Å². The first-order valence-electron chi connectivity index (χ1n) is 5.88. The van der Waals surface area contributed by atoms with E-state index < -0.39 is 10.8 Å². The maximum absolute atomic E-state index is 11.1. The zero-order valence-electron chi connectivity index (χ0n) is 10.6. The molecule has 1 rings (SSSR count). The second-order valence-corrected chi connectivity index (χ2v) is 5.84. The highest BCUT2D eigenvalue weighted by atomic mass is 32.2. The maximum Gasteiger partial charge on any atom is 0.115 e. The first-order valence-corrected chi connectivity index (χ1v) is 7.60. The largest absolute Gasteiger partial charge is 0.508 e. The second-order valence-electron chi connectivity index (χ2n) is 4.36. The first kappa shape index (κ1) is 14.2. The Morgan fingerprint density at radius 3 is 2.41 bits per heavy atom. The average molecular weight is 255 g/mol. The van der Waals surface area contributed by atoms with Crippen LogP contribution in [0.3, 0.4) is 0 Å². The van der Waals surface area contributed by atoms with Crippen LogP contribution >= 0.6 is 0 Å². The standard InChI is InChI=1S/C13H21NO2S/c1-4-13(14-10(2)9-17(3)16)11-5-7-12(15)8-6-11/h5-8,10,13-15H,4,9H2,1-3H3. The number of phenolic OH excluding ortho intramolecular Hbond substituents is 1. The number of hydrogen-bond acceptors (Lipinski definition) is 3. The lowest BCUT2D eigenvalue weighted by Crippen LogP contribution is -2.34. The fourth-order valence-corrected chi connectivity index (χ4v) is 2.70. The zero-order valence-corrected chi connectivity index (χ0v) is 11.5. The van der Waals surface area contributed by atoms with Crippen LogP contribution < -0.4 is 5.32 Å². The molecular weight excluding hydrogens is 234 g/mol. The van der Waals surface area contributed by atoms with Crippen LogP contribution in [0.4, 0.5) is 0 Å². The van der Waals surface area contributed by atoms with E-state index in [2.05, 4.69) is 12.2 Å². The predicted octanol–water partition coefficient (Wildman–Crippen LogP) is 2.20. The molecule has 0 bridgehead atoms. The van der Waals surface area contributed by atoms with Gasteiger partial charge in [-0.05, 0) is 31.0 Å². The molecule has 0 saturated heterocycles. The van der Waals surface area contributed by atoms with Crippen molar-refractivity contribution < 1.29 is 9.32 Å². The summed E-state index contributed by atoms with van der Waals surface area (Å²) in [6.07, 6.45) is 2.69. The third kappa shape index (κ3) is 4.88. The summed E-state index contributed by atoms with van der Waals surface area (Å²) in [5.74, 6) is 0.945. The van der Waals surface area contributed by atoms with E-state index >= 15 is 0 Å². The van der Waals surface area contributed by atoms with Crippen molar-refractivity contribution >= 4 is 10.8 Å². The Bertz CT molecular complexity index is 364. The van der Waals surface area contributed by atoms with Crippen molar-refractivity contribution in [2.24, 2.45) is 0 Å². The molecule has 0 radical (unpaired) electrons. The molecule has 3 nitrogen and oxygen atoms in total. The van der Waals surface area contributed by atoms with Crippen molar-refractivity contribution in [2.75, 3.05) is 12.0 Å². The Kier molecular flexibility index (Phi) is 5.65.